The van der Waals surface area contributed by atoms with E-state index in [9.17, 15) is 38.4 Å². The summed E-state index contributed by atoms with van der Waals surface area (Å²) in [6, 6.07) is 10.6. The number of ether oxygens (including phenoxy) is 2. The Morgan fingerprint density at radius 1 is 0.923 bits per heavy atom. The van der Waals surface area contributed by atoms with Crippen LogP contribution in [0.4, 0.5) is 0 Å². The van der Waals surface area contributed by atoms with Gasteiger partial charge in [-0.25, -0.2) is 13.2 Å². The number of hydrogen-bond donors (Lipinski definition) is 4. The quantitative estimate of drug-likeness (QED) is 0.233. The minimum absolute atomic E-state index is 0.0314. The van der Waals surface area contributed by atoms with Gasteiger partial charge in [-0.15, -0.1) is 0 Å². The van der Waals surface area contributed by atoms with Crippen molar-refractivity contribution < 1.29 is 47.9 Å². The van der Waals surface area contributed by atoms with Crippen molar-refractivity contribution in [1.29, 1.82) is 0 Å². The van der Waals surface area contributed by atoms with Crippen LogP contribution in [0.1, 0.15) is 78.8 Å². The largest absolute Gasteiger partial charge is 0.468 e. The van der Waals surface area contributed by atoms with Crippen LogP contribution in [0.25, 0.3) is 0 Å². The lowest BCUT2D eigenvalue weighted by Crippen LogP contribution is -2.66. The molecule has 212 valence electrons. The highest BCUT2D eigenvalue weighted by molar-refractivity contribution is 7.93. The number of carbonyl (C=O) groups excluding carboxylic acids is 2. The minimum atomic E-state index is -5.12. The summed E-state index contributed by atoms with van der Waals surface area (Å²) in [5, 5.41) is 44.0. The van der Waals surface area contributed by atoms with Crippen LogP contribution >= 0.6 is 0 Å². The molecule has 10 nitrogen and oxygen atoms in total. The first-order chi connectivity index (χ1) is 18.3. The molecule has 0 aliphatic heterocycles. The van der Waals surface area contributed by atoms with Crippen LogP contribution in [0.2, 0.25) is 0 Å². The van der Waals surface area contributed by atoms with Crippen molar-refractivity contribution in [1.82, 2.24) is 0 Å². The van der Waals surface area contributed by atoms with Crippen LogP contribution in [0.3, 0.4) is 0 Å². The summed E-state index contributed by atoms with van der Waals surface area (Å²) < 4.78 is 36.9. The molecule has 4 rings (SSSR count). The number of hydrogen-bond acceptors (Lipinski definition) is 10. The highest BCUT2D eigenvalue weighted by Crippen LogP contribution is 2.51. The molecule has 2 unspecified atom stereocenters. The van der Waals surface area contributed by atoms with E-state index in [0.29, 0.717) is 18.4 Å². The summed E-state index contributed by atoms with van der Waals surface area (Å²) in [5.74, 6) is -9.15. The van der Waals surface area contributed by atoms with Crippen LogP contribution in [-0.4, -0.2) is 64.2 Å². The fourth-order valence-corrected chi connectivity index (χ4v) is 8.35. The average Bonchev–Trinajstić information content (AvgIpc) is 2.87. The topological polar surface area (TPSA) is 168 Å². The summed E-state index contributed by atoms with van der Waals surface area (Å²) in [6.07, 6.45) is 0.747. The second kappa shape index (κ2) is 10.6. The van der Waals surface area contributed by atoms with E-state index in [4.69, 9.17) is 9.47 Å². The van der Waals surface area contributed by atoms with Crippen molar-refractivity contribution in [3.8, 4) is 5.75 Å². The molecular formula is C28H34O10S. The first-order valence-electron chi connectivity index (χ1n) is 12.9. The van der Waals surface area contributed by atoms with E-state index >= 15 is 0 Å². The Morgan fingerprint density at radius 2 is 1.56 bits per heavy atom. The summed E-state index contributed by atoms with van der Waals surface area (Å²) >= 11 is 0. The Kier molecular flexibility index (Phi) is 7.94. The molecule has 2 fully saturated rings. The van der Waals surface area contributed by atoms with Gasteiger partial charge in [0.1, 0.15) is 10.6 Å². The molecule has 2 atom stereocenters. The smallest absolute Gasteiger partial charge is 0.343 e. The predicted octanol–water partition coefficient (Wildman–Crippen LogP) is 2.49. The van der Waals surface area contributed by atoms with Gasteiger partial charge in [0.05, 0.1) is 12.7 Å². The summed E-state index contributed by atoms with van der Waals surface area (Å²) in [4.78, 5) is 25.7. The molecule has 11 heteroatoms. The molecule has 2 aliphatic rings. The second-order valence-electron chi connectivity index (χ2n) is 10.5. The lowest BCUT2D eigenvalue weighted by molar-refractivity contribution is -0.214. The van der Waals surface area contributed by atoms with Crippen LogP contribution in [0.15, 0.2) is 47.4 Å². The van der Waals surface area contributed by atoms with Gasteiger partial charge in [0.15, 0.2) is 11.6 Å². The van der Waals surface area contributed by atoms with E-state index in [1.807, 2.05) is 0 Å². The normalized spacial score (nSPS) is 24.5. The molecule has 2 saturated carbocycles. The monoisotopic (exact) mass is 562 g/mol. The number of rotatable bonds is 6. The maximum absolute atomic E-state index is 14.7. The SMILES string of the molecule is COC(=O)C1(S(=O)(=O)c2c(OC(=O)c3ccccc3)cc(C)cc2C2CCCCC2(O)O)CCCCC1(O)O. The van der Waals surface area contributed by atoms with Crippen molar-refractivity contribution in [2.75, 3.05) is 7.11 Å². The van der Waals surface area contributed by atoms with Crippen molar-refractivity contribution >= 4 is 21.8 Å². The summed E-state index contributed by atoms with van der Waals surface area (Å²) in [7, 11) is -4.17. The molecule has 39 heavy (non-hydrogen) atoms. The Bertz CT molecular complexity index is 1350. The molecule has 2 aliphatic carbocycles. The fraction of sp³-hybridized carbons (Fsp3) is 0.500. The molecule has 0 saturated heterocycles. The van der Waals surface area contributed by atoms with Gasteiger partial charge in [-0.3, -0.25) is 4.79 Å². The van der Waals surface area contributed by atoms with Gasteiger partial charge in [0.2, 0.25) is 14.6 Å². The highest BCUT2D eigenvalue weighted by atomic mass is 32.2. The van der Waals surface area contributed by atoms with E-state index < -0.39 is 67.5 Å². The molecular weight excluding hydrogens is 528 g/mol. The molecule has 2 aromatic rings. The van der Waals surface area contributed by atoms with Crippen molar-refractivity contribution in [3.63, 3.8) is 0 Å². The van der Waals surface area contributed by atoms with Gasteiger partial charge < -0.3 is 29.9 Å². The molecule has 0 spiro atoms. The zero-order valence-corrected chi connectivity index (χ0v) is 22.7. The molecule has 2 aromatic carbocycles. The lowest BCUT2D eigenvalue weighted by atomic mass is 9.78. The molecule has 4 N–H and O–H groups in total. The Labute approximate surface area is 227 Å². The zero-order chi connectivity index (χ0) is 28.6. The zero-order valence-electron chi connectivity index (χ0n) is 21.9. The van der Waals surface area contributed by atoms with E-state index in [1.54, 1.807) is 25.1 Å². The van der Waals surface area contributed by atoms with E-state index in [2.05, 4.69) is 0 Å². The molecule has 0 heterocycles. The van der Waals surface area contributed by atoms with Gasteiger partial charge in [0.25, 0.3) is 0 Å². The number of carbonyl (C=O) groups is 2. The third kappa shape index (κ3) is 4.98. The highest BCUT2D eigenvalue weighted by Gasteiger charge is 2.67. The van der Waals surface area contributed by atoms with E-state index in [0.717, 1.165) is 7.11 Å². The van der Waals surface area contributed by atoms with Crippen LogP contribution in [-0.2, 0) is 19.4 Å². The fourth-order valence-electron chi connectivity index (χ4n) is 5.88. The van der Waals surface area contributed by atoms with Crippen LogP contribution < -0.4 is 4.74 Å². The number of methoxy groups -OCH3 is 1. The maximum atomic E-state index is 14.7. The van der Waals surface area contributed by atoms with E-state index in [1.165, 1.54) is 24.3 Å². The van der Waals surface area contributed by atoms with Gasteiger partial charge in [-0.2, -0.15) is 0 Å². The van der Waals surface area contributed by atoms with Crippen molar-refractivity contribution in [3.05, 3.63) is 59.2 Å². The lowest BCUT2D eigenvalue weighted by Gasteiger charge is -2.44. The number of benzene rings is 2. The first kappa shape index (κ1) is 29.2. The number of aliphatic hydroxyl groups is 4. The van der Waals surface area contributed by atoms with Crippen molar-refractivity contribution in [2.45, 2.75) is 85.4 Å². The second-order valence-corrected chi connectivity index (χ2v) is 12.6. The number of aryl methyl sites for hydroxylation is 1. The Hall–Kier alpha value is -2.83. The number of esters is 2. The summed E-state index contributed by atoms with van der Waals surface area (Å²) in [6.45, 7) is 1.62. The Morgan fingerprint density at radius 3 is 2.18 bits per heavy atom. The molecule has 0 radical (unpaired) electrons. The van der Waals surface area contributed by atoms with Crippen LogP contribution in [0, 0.1) is 6.92 Å². The third-order valence-electron chi connectivity index (χ3n) is 7.85. The maximum Gasteiger partial charge on any atom is 0.343 e. The van der Waals surface area contributed by atoms with Gasteiger partial charge >= 0.3 is 11.9 Å². The minimum Gasteiger partial charge on any atom is -0.468 e. The third-order valence-corrected chi connectivity index (χ3v) is 10.4. The predicted molar refractivity (Wildman–Crippen MR) is 139 cm³/mol. The van der Waals surface area contributed by atoms with Gasteiger partial charge in [-0.1, -0.05) is 37.1 Å². The molecule has 0 bridgehead atoms. The summed E-state index contributed by atoms with van der Waals surface area (Å²) in [5.41, 5.74) is 0.496. The Balaban J connectivity index is 2.03. The van der Waals surface area contributed by atoms with Gasteiger partial charge in [0, 0.05) is 18.8 Å². The number of sulfone groups is 1. The standard InChI is InChI=1S/C28H34O10S/c1-18-16-20(21-12-6-7-14-27(21,31)32)23(22(17-18)38-24(29)19-10-4-3-5-11-19)39(35,36)26(25(30)37-2)13-8-9-15-28(26,33)34/h3-5,10-11,16-17,21,31-34H,6-9,12-15H2,1-2H3. The molecule has 0 amide bonds. The van der Waals surface area contributed by atoms with E-state index in [-0.39, 0.29) is 36.8 Å². The van der Waals surface area contributed by atoms with Crippen molar-refractivity contribution in [2.24, 2.45) is 0 Å². The average molecular weight is 563 g/mol. The first-order valence-corrected chi connectivity index (χ1v) is 14.4. The molecule has 0 aromatic heterocycles. The van der Waals surface area contributed by atoms with Gasteiger partial charge in [-0.05, 0) is 61.9 Å². The van der Waals surface area contributed by atoms with Crippen LogP contribution in [0.5, 0.6) is 5.75 Å².